The highest BCUT2D eigenvalue weighted by Crippen LogP contribution is 2.35. The number of aliphatic hydroxyl groups excluding tert-OH is 1. The number of hydrogen-bond donors (Lipinski definition) is 2. The van der Waals surface area contributed by atoms with Gasteiger partial charge in [-0.15, -0.1) is 0 Å². The predicted molar refractivity (Wildman–Crippen MR) is 84.8 cm³/mol. The van der Waals surface area contributed by atoms with E-state index in [1.54, 1.807) is 0 Å². The van der Waals surface area contributed by atoms with E-state index in [-0.39, 0.29) is 5.54 Å². The lowest BCUT2D eigenvalue weighted by molar-refractivity contribution is -0.0689. The highest BCUT2D eigenvalue weighted by Gasteiger charge is 2.31. The zero-order valence-corrected chi connectivity index (χ0v) is 14.3. The van der Waals surface area contributed by atoms with Crippen molar-refractivity contribution in [1.29, 1.82) is 0 Å². The zero-order valence-electron chi connectivity index (χ0n) is 14.3. The Bertz CT molecular complexity index is 273. The standard InChI is InChI=1S/C17H35NO2/c1-12(2)15-8-7-13(3)9-16(15)20-11-14(19)10-18-17(4,5)6/h12-16,18-19H,7-11H2,1-6H3/t13-,14-,15-,16+/m1/s1. The second kappa shape index (κ2) is 7.77. The average molecular weight is 285 g/mol. The Balaban J connectivity index is 2.37. The summed E-state index contributed by atoms with van der Waals surface area (Å²) < 4.78 is 6.06. The molecule has 0 unspecified atom stereocenters. The summed E-state index contributed by atoms with van der Waals surface area (Å²) in [5.74, 6) is 2.06. The normalized spacial score (nSPS) is 29.7. The Morgan fingerprint density at radius 2 is 1.90 bits per heavy atom. The molecule has 0 amide bonds. The molecule has 0 spiro atoms. The third-order valence-corrected chi connectivity index (χ3v) is 4.33. The van der Waals surface area contributed by atoms with Crippen molar-refractivity contribution in [1.82, 2.24) is 5.32 Å². The maximum Gasteiger partial charge on any atom is 0.0898 e. The number of β-amino-alcohol motifs (C(OH)–C–C–N with tert-alkyl or cyclic N) is 1. The van der Waals surface area contributed by atoms with Crippen LogP contribution in [0.2, 0.25) is 0 Å². The first kappa shape index (κ1) is 17.9. The van der Waals surface area contributed by atoms with E-state index in [1.165, 1.54) is 12.8 Å². The van der Waals surface area contributed by atoms with Crippen molar-refractivity contribution in [3.05, 3.63) is 0 Å². The molecule has 0 aliphatic heterocycles. The van der Waals surface area contributed by atoms with Crippen LogP contribution in [0.4, 0.5) is 0 Å². The molecule has 1 aliphatic rings. The van der Waals surface area contributed by atoms with Crippen LogP contribution in [0.5, 0.6) is 0 Å². The average Bonchev–Trinajstić information content (AvgIpc) is 2.32. The largest absolute Gasteiger partial charge is 0.389 e. The van der Waals surface area contributed by atoms with Gasteiger partial charge in [0.2, 0.25) is 0 Å². The molecule has 2 N–H and O–H groups in total. The molecule has 1 aliphatic carbocycles. The van der Waals surface area contributed by atoms with E-state index in [1.807, 2.05) is 0 Å². The maximum absolute atomic E-state index is 10.0. The summed E-state index contributed by atoms with van der Waals surface area (Å²) in [6.07, 6.45) is 3.63. The molecule has 0 aromatic rings. The van der Waals surface area contributed by atoms with Crippen molar-refractivity contribution >= 4 is 0 Å². The van der Waals surface area contributed by atoms with Gasteiger partial charge in [-0.25, -0.2) is 0 Å². The molecule has 4 atom stereocenters. The maximum atomic E-state index is 10.0. The lowest BCUT2D eigenvalue weighted by Crippen LogP contribution is -2.43. The van der Waals surface area contributed by atoms with Crippen molar-refractivity contribution < 1.29 is 9.84 Å². The molecule has 1 fully saturated rings. The van der Waals surface area contributed by atoms with E-state index >= 15 is 0 Å². The van der Waals surface area contributed by atoms with E-state index in [0.717, 1.165) is 12.3 Å². The Morgan fingerprint density at radius 1 is 1.25 bits per heavy atom. The number of aliphatic hydroxyl groups is 1. The van der Waals surface area contributed by atoms with Crippen LogP contribution in [0.3, 0.4) is 0 Å². The summed E-state index contributed by atoms with van der Waals surface area (Å²) in [6.45, 7) is 14.3. The van der Waals surface area contributed by atoms with Gasteiger partial charge in [-0.3, -0.25) is 0 Å². The molecular formula is C17H35NO2. The summed E-state index contributed by atoms with van der Waals surface area (Å²) in [5, 5.41) is 13.4. The predicted octanol–water partition coefficient (Wildman–Crippen LogP) is 3.21. The second-order valence-corrected chi connectivity index (χ2v) is 7.98. The second-order valence-electron chi connectivity index (χ2n) is 7.98. The van der Waals surface area contributed by atoms with Crippen molar-refractivity contribution in [2.24, 2.45) is 17.8 Å². The van der Waals surface area contributed by atoms with E-state index in [2.05, 4.69) is 46.9 Å². The summed E-state index contributed by atoms with van der Waals surface area (Å²) >= 11 is 0. The van der Waals surface area contributed by atoms with E-state index in [4.69, 9.17) is 4.74 Å². The van der Waals surface area contributed by atoms with Crippen molar-refractivity contribution in [3.8, 4) is 0 Å². The molecule has 3 nitrogen and oxygen atoms in total. The van der Waals surface area contributed by atoms with Gasteiger partial charge in [0.25, 0.3) is 0 Å². The fourth-order valence-corrected chi connectivity index (χ4v) is 3.02. The number of hydrogen-bond acceptors (Lipinski definition) is 3. The molecule has 0 saturated heterocycles. The Hall–Kier alpha value is -0.120. The minimum atomic E-state index is -0.417. The molecule has 0 bridgehead atoms. The smallest absolute Gasteiger partial charge is 0.0898 e. The zero-order chi connectivity index (χ0) is 15.3. The van der Waals surface area contributed by atoms with Crippen molar-refractivity contribution in [3.63, 3.8) is 0 Å². The van der Waals surface area contributed by atoms with E-state index in [0.29, 0.717) is 31.1 Å². The molecule has 20 heavy (non-hydrogen) atoms. The van der Waals surface area contributed by atoms with Crippen LogP contribution in [-0.2, 0) is 4.74 Å². The molecule has 0 radical (unpaired) electrons. The first-order valence-corrected chi connectivity index (χ1v) is 8.23. The van der Waals surface area contributed by atoms with Crippen LogP contribution in [-0.4, -0.2) is 36.0 Å². The summed E-state index contributed by atoms with van der Waals surface area (Å²) in [7, 11) is 0. The Kier molecular flexibility index (Phi) is 6.96. The van der Waals surface area contributed by atoms with Gasteiger partial charge in [0, 0.05) is 12.1 Å². The fourth-order valence-electron chi connectivity index (χ4n) is 3.02. The molecule has 1 rings (SSSR count). The van der Waals surface area contributed by atoms with Crippen LogP contribution in [0.25, 0.3) is 0 Å². The molecular weight excluding hydrogens is 250 g/mol. The Morgan fingerprint density at radius 3 is 2.45 bits per heavy atom. The monoisotopic (exact) mass is 285 g/mol. The van der Waals surface area contributed by atoms with Gasteiger partial charge >= 0.3 is 0 Å². The van der Waals surface area contributed by atoms with Crippen LogP contribution in [0.15, 0.2) is 0 Å². The van der Waals surface area contributed by atoms with Gasteiger partial charge in [-0.2, -0.15) is 0 Å². The van der Waals surface area contributed by atoms with Crippen LogP contribution >= 0.6 is 0 Å². The van der Waals surface area contributed by atoms with Crippen LogP contribution in [0.1, 0.15) is 60.8 Å². The van der Waals surface area contributed by atoms with Gasteiger partial charge in [-0.05, 0) is 51.4 Å². The number of rotatable bonds is 6. The highest BCUT2D eigenvalue weighted by molar-refractivity contribution is 4.82. The van der Waals surface area contributed by atoms with Crippen LogP contribution < -0.4 is 5.32 Å². The first-order chi connectivity index (χ1) is 9.19. The van der Waals surface area contributed by atoms with Gasteiger partial charge < -0.3 is 15.2 Å². The summed E-state index contributed by atoms with van der Waals surface area (Å²) in [4.78, 5) is 0. The topological polar surface area (TPSA) is 41.5 Å². The molecule has 0 aromatic heterocycles. The Labute approximate surface area is 125 Å². The molecule has 3 heteroatoms. The molecule has 1 saturated carbocycles. The summed E-state index contributed by atoms with van der Waals surface area (Å²) in [5.41, 5.74) is 0.0425. The lowest BCUT2D eigenvalue weighted by atomic mass is 9.75. The van der Waals surface area contributed by atoms with Gasteiger partial charge in [-0.1, -0.05) is 27.2 Å². The number of ether oxygens (including phenoxy) is 1. The minimum Gasteiger partial charge on any atom is -0.389 e. The summed E-state index contributed by atoms with van der Waals surface area (Å²) in [6, 6.07) is 0. The fraction of sp³-hybridized carbons (Fsp3) is 1.00. The van der Waals surface area contributed by atoms with E-state index < -0.39 is 6.10 Å². The molecule has 120 valence electrons. The third kappa shape index (κ3) is 6.55. The SMILES string of the molecule is CC(C)[C@H]1CC[C@@H](C)C[C@@H]1OC[C@H](O)CNC(C)(C)C. The lowest BCUT2D eigenvalue weighted by Gasteiger charge is -2.37. The molecule has 0 heterocycles. The van der Waals surface area contributed by atoms with Gasteiger partial charge in [0.15, 0.2) is 0 Å². The van der Waals surface area contributed by atoms with Gasteiger partial charge in [0.1, 0.15) is 0 Å². The minimum absolute atomic E-state index is 0.0425. The first-order valence-electron chi connectivity index (χ1n) is 8.23. The van der Waals surface area contributed by atoms with Crippen molar-refractivity contribution in [2.45, 2.75) is 78.6 Å². The van der Waals surface area contributed by atoms with Crippen LogP contribution in [0, 0.1) is 17.8 Å². The van der Waals surface area contributed by atoms with Crippen molar-refractivity contribution in [2.75, 3.05) is 13.2 Å². The third-order valence-electron chi connectivity index (χ3n) is 4.33. The quantitative estimate of drug-likeness (QED) is 0.787. The van der Waals surface area contributed by atoms with E-state index in [9.17, 15) is 5.11 Å². The molecule has 0 aromatic carbocycles. The van der Waals surface area contributed by atoms with Gasteiger partial charge in [0.05, 0.1) is 18.8 Å². The number of nitrogens with one attached hydrogen (secondary N) is 1. The highest BCUT2D eigenvalue weighted by atomic mass is 16.5.